The van der Waals surface area contributed by atoms with Gasteiger partial charge in [0.2, 0.25) is 0 Å². The molecule has 88 valence electrons. The molecule has 0 unspecified atom stereocenters. The molecule has 0 aromatic heterocycles. The van der Waals surface area contributed by atoms with Gasteiger partial charge >= 0.3 is 5.97 Å². The molecular formula is C13H18O3. The number of phenolic OH excluding ortho intramolecular Hbond substituents is 1. The van der Waals surface area contributed by atoms with Crippen molar-refractivity contribution in [3.05, 3.63) is 28.8 Å². The molecule has 0 atom stereocenters. The Hall–Kier alpha value is -1.51. The van der Waals surface area contributed by atoms with E-state index in [9.17, 15) is 9.90 Å². The second kappa shape index (κ2) is 4.16. The summed E-state index contributed by atoms with van der Waals surface area (Å²) in [5.74, 6) is -0.549. The van der Waals surface area contributed by atoms with Gasteiger partial charge < -0.3 is 10.2 Å². The zero-order valence-corrected chi connectivity index (χ0v) is 10.2. The van der Waals surface area contributed by atoms with E-state index in [-0.39, 0.29) is 5.75 Å². The highest BCUT2D eigenvalue weighted by molar-refractivity contribution is 5.74. The number of carbonyl (C=O) groups is 1. The summed E-state index contributed by atoms with van der Waals surface area (Å²) in [6, 6.07) is 3.54. The number of hydrogen-bond donors (Lipinski definition) is 2. The quantitative estimate of drug-likeness (QED) is 0.826. The van der Waals surface area contributed by atoms with Gasteiger partial charge in [-0.15, -0.1) is 0 Å². The van der Waals surface area contributed by atoms with Crippen LogP contribution in [0.4, 0.5) is 0 Å². The number of carboxylic acids is 1. The lowest BCUT2D eigenvalue weighted by Crippen LogP contribution is -2.26. The molecule has 0 aliphatic carbocycles. The molecule has 3 nitrogen and oxygen atoms in total. The van der Waals surface area contributed by atoms with Gasteiger partial charge in [0.25, 0.3) is 0 Å². The number of benzene rings is 1. The molecule has 0 spiro atoms. The lowest BCUT2D eigenvalue weighted by Gasteiger charge is -2.20. The van der Waals surface area contributed by atoms with Crippen molar-refractivity contribution in [3.63, 3.8) is 0 Å². The summed E-state index contributed by atoms with van der Waals surface area (Å²) in [6.07, 6.45) is 0.468. The first-order valence-corrected chi connectivity index (χ1v) is 5.26. The maximum Gasteiger partial charge on any atom is 0.309 e. The van der Waals surface area contributed by atoms with E-state index < -0.39 is 11.4 Å². The zero-order valence-electron chi connectivity index (χ0n) is 10.2. The average molecular weight is 222 g/mol. The van der Waals surface area contributed by atoms with Crippen LogP contribution in [0.5, 0.6) is 5.75 Å². The van der Waals surface area contributed by atoms with Crippen molar-refractivity contribution in [1.82, 2.24) is 0 Å². The Morgan fingerprint density at radius 3 is 2.31 bits per heavy atom. The van der Waals surface area contributed by atoms with Crippen molar-refractivity contribution in [3.8, 4) is 5.75 Å². The highest BCUT2D eigenvalue weighted by Crippen LogP contribution is 2.28. The minimum atomic E-state index is -0.808. The van der Waals surface area contributed by atoms with Crippen LogP contribution in [0, 0.1) is 19.3 Å². The Balaban J connectivity index is 3.07. The van der Waals surface area contributed by atoms with Gasteiger partial charge in [0.1, 0.15) is 5.75 Å². The number of aliphatic carboxylic acids is 1. The van der Waals surface area contributed by atoms with Crippen molar-refractivity contribution in [2.45, 2.75) is 34.1 Å². The first kappa shape index (κ1) is 12.6. The number of rotatable bonds is 3. The van der Waals surface area contributed by atoms with Crippen molar-refractivity contribution in [2.24, 2.45) is 5.41 Å². The fourth-order valence-corrected chi connectivity index (χ4v) is 1.60. The van der Waals surface area contributed by atoms with E-state index >= 15 is 0 Å². The van der Waals surface area contributed by atoms with Crippen molar-refractivity contribution >= 4 is 5.97 Å². The molecule has 1 aromatic rings. The van der Waals surface area contributed by atoms with E-state index in [2.05, 4.69) is 0 Å². The molecule has 1 aromatic carbocycles. The molecule has 0 amide bonds. The molecule has 1 rings (SSSR count). The third-order valence-electron chi connectivity index (χ3n) is 2.87. The fraction of sp³-hybridized carbons (Fsp3) is 0.462. The first-order valence-electron chi connectivity index (χ1n) is 5.26. The third kappa shape index (κ3) is 2.54. The molecule has 16 heavy (non-hydrogen) atoms. The van der Waals surface area contributed by atoms with Gasteiger partial charge in [-0.2, -0.15) is 0 Å². The molecule has 0 aliphatic heterocycles. The van der Waals surface area contributed by atoms with E-state index in [0.717, 1.165) is 16.7 Å². The van der Waals surface area contributed by atoms with Gasteiger partial charge in [0.15, 0.2) is 0 Å². The Kier molecular flexibility index (Phi) is 3.27. The summed E-state index contributed by atoms with van der Waals surface area (Å²) in [5.41, 5.74) is 1.90. The number of hydrogen-bond acceptors (Lipinski definition) is 2. The van der Waals surface area contributed by atoms with Gasteiger partial charge in [0.05, 0.1) is 5.41 Å². The van der Waals surface area contributed by atoms with Crippen LogP contribution >= 0.6 is 0 Å². The molecule has 0 radical (unpaired) electrons. The molecule has 0 heterocycles. The van der Waals surface area contributed by atoms with E-state index in [4.69, 9.17) is 5.11 Å². The van der Waals surface area contributed by atoms with Gasteiger partial charge in [-0.3, -0.25) is 4.79 Å². The first-order chi connectivity index (χ1) is 7.24. The maximum atomic E-state index is 11.0. The summed E-state index contributed by atoms with van der Waals surface area (Å²) >= 11 is 0. The second-order valence-electron chi connectivity index (χ2n) is 4.93. The normalized spacial score (nSPS) is 11.5. The van der Waals surface area contributed by atoms with Crippen LogP contribution in [0.1, 0.15) is 30.5 Å². The minimum absolute atomic E-state index is 0.259. The maximum absolute atomic E-state index is 11.0. The molecule has 2 N–H and O–H groups in total. The Morgan fingerprint density at radius 1 is 1.25 bits per heavy atom. The third-order valence-corrected chi connectivity index (χ3v) is 2.87. The summed E-state index contributed by atoms with van der Waals surface area (Å²) in [6.45, 7) is 7.10. The number of aromatic hydroxyl groups is 1. The number of phenols is 1. The van der Waals surface area contributed by atoms with Crippen LogP contribution in [0.25, 0.3) is 0 Å². The molecule has 0 bridgehead atoms. The van der Waals surface area contributed by atoms with Crippen molar-refractivity contribution in [1.29, 1.82) is 0 Å². The Labute approximate surface area is 95.7 Å². The minimum Gasteiger partial charge on any atom is -0.508 e. The Morgan fingerprint density at radius 2 is 1.81 bits per heavy atom. The largest absolute Gasteiger partial charge is 0.508 e. The molecule has 0 fully saturated rings. The summed E-state index contributed by atoms with van der Waals surface area (Å²) in [7, 11) is 0. The average Bonchev–Trinajstić information content (AvgIpc) is 2.13. The highest BCUT2D eigenvalue weighted by atomic mass is 16.4. The van der Waals surface area contributed by atoms with Gasteiger partial charge in [-0.25, -0.2) is 0 Å². The number of carboxylic acid groups (broad SMARTS) is 1. The lowest BCUT2D eigenvalue weighted by atomic mass is 9.84. The van der Waals surface area contributed by atoms with E-state index in [1.165, 1.54) is 0 Å². The monoisotopic (exact) mass is 222 g/mol. The second-order valence-corrected chi connectivity index (χ2v) is 4.93. The van der Waals surface area contributed by atoms with Crippen LogP contribution in [0.3, 0.4) is 0 Å². The summed E-state index contributed by atoms with van der Waals surface area (Å²) in [5, 5.41) is 18.6. The van der Waals surface area contributed by atoms with Gasteiger partial charge in [0, 0.05) is 0 Å². The standard InChI is InChI=1S/C13H18O3/c1-8-6-11(14)9(2)5-10(8)7-13(3,4)12(15)16/h5-6,14H,7H2,1-4H3,(H,15,16). The van der Waals surface area contributed by atoms with Crippen molar-refractivity contribution in [2.75, 3.05) is 0 Å². The molecule has 0 aliphatic rings. The van der Waals surface area contributed by atoms with Crippen molar-refractivity contribution < 1.29 is 15.0 Å². The fourth-order valence-electron chi connectivity index (χ4n) is 1.60. The number of aryl methyl sites for hydroxylation is 2. The van der Waals surface area contributed by atoms with E-state index in [0.29, 0.717) is 6.42 Å². The molecule has 0 saturated heterocycles. The van der Waals surface area contributed by atoms with Crippen LogP contribution < -0.4 is 0 Å². The van der Waals surface area contributed by atoms with Crippen LogP contribution in [-0.4, -0.2) is 16.2 Å². The summed E-state index contributed by atoms with van der Waals surface area (Å²) in [4.78, 5) is 11.0. The predicted octanol–water partition coefficient (Wildman–Crippen LogP) is 2.66. The molecular weight excluding hydrogens is 204 g/mol. The molecule has 3 heteroatoms. The van der Waals surface area contributed by atoms with Gasteiger partial charge in [-0.05, 0) is 56.9 Å². The topological polar surface area (TPSA) is 57.5 Å². The highest BCUT2D eigenvalue weighted by Gasteiger charge is 2.28. The van der Waals surface area contributed by atoms with Crippen LogP contribution in [0.2, 0.25) is 0 Å². The predicted molar refractivity (Wildman–Crippen MR) is 62.7 cm³/mol. The van der Waals surface area contributed by atoms with E-state index in [1.54, 1.807) is 19.9 Å². The Bertz CT molecular complexity index is 419. The zero-order chi connectivity index (χ0) is 12.5. The summed E-state index contributed by atoms with van der Waals surface area (Å²) < 4.78 is 0. The SMILES string of the molecule is Cc1cc(CC(C)(C)C(=O)O)c(C)cc1O. The lowest BCUT2D eigenvalue weighted by molar-refractivity contribution is -0.146. The smallest absolute Gasteiger partial charge is 0.309 e. The van der Waals surface area contributed by atoms with Crippen LogP contribution in [0.15, 0.2) is 12.1 Å². The van der Waals surface area contributed by atoms with Crippen LogP contribution in [-0.2, 0) is 11.2 Å². The van der Waals surface area contributed by atoms with E-state index in [1.807, 2.05) is 19.9 Å². The molecule has 0 saturated carbocycles. The van der Waals surface area contributed by atoms with Gasteiger partial charge in [-0.1, -0.05) is 6.07 Å².